The average Bonchev–Trinajstić information content (AvgIpc) is 3.11. The summed E-state index contributed by atoms with van der Waals surface area (Å²) in [7, 11) is 0. The molecule has 0 atom stereocenters. The van der Waals surface area contributed by atoms with E-state index in [4.69, 9.17) is 0 Å². The lowest BCUT2D eigenvalue weighted by atomic mass is 10.0. The van der Waals surface area contributed by atoms with E-state index in [-0.39, 0.29) is 18.4 Å². The molecule has 0 aliphatic carbocycles. The molecule has 3 aromatic rings. The summed E-state index contributed by atoms with van der Waals surface area (Å²) in [5.74, 6) is -0.417. The summed E-state index contributed by atoms with van der Waals surface area (Å²) in [6.45, 7) is 5.29. The second kappa shape index (κ2) is 8.94. The minimum Gasteiger partial charge on any atom is -0.368 e. The Labute approximate surface area is 194 Å². The molecule has 1 saturated heterocycles. The second-order valence-electron chi connectivity index (χ2n) is 8.58. The van der Waals surface area contributed by atoms with Crippen LogP contribution in [0.25, 0.3) is 5.57 Å². The van der Waals surface area contributed by atoms with Crippen LogP contribution in [-0.4, -0.2) is 47.8 Å². The summed E-state index contributed by atoms with van der Waals surface area (Å²) in [5, 5.41) is 0. The lowest BCUT2D eigenvalue weighted by molar-refractivity contribution is -0.138. The Hall–Kier alpha value is -3.86. The van der Waals surface area contributed by atoms with E-state index in [2.05, 4.69) is 21.9 Å². The van der Waals surface area contributed by atoms with Crippen molar-refractivity contribution in [1.82, 2.24) is 9.80 Å². The number of aryl methyl sites for hydroxylation is 1. The third kappa shape index (κ3) is 4.14. The molecule has 2 aliphatic rings. The molecule has 5 heteroatoms. The van der Waals surface area contributed by atoms with Gasteiger partial charge in [-0.25, -0.2) is 0 Å². The predicted octanol–water partition coefficient (Wildman–Crippen LogP) is 4.10. The highest BCUT2D eigenvalue weighted by Gasteiger charge is 2.42. The van der Waals surface area contributed by atoms with Crippen molar-refractivity contribution in [2.45, 2.75) is 13.5 Å². The zero-order valence-corrected chi connectivity index (χ0v) is 18.8. The van der Waals surface area contributed by atoms with Crippen LogP contribution in [0.4, 0.5) is 5.69 Å². The van der Waals surface area contributed by atoms with Gasteiger partial charge in [0.15, 0.2) is 0 Å². The molecule has 0 unspecified atom stereocenters. The Bertz CT molecular complexity index is 1180. The summed E-state index contributed by atoms with van der Waals surface area (Å²) < 4.78 is 0. The molecule has 2 heterocycles. The van der Waals surface area contributed by atoms with Crippen molar-refractivity contribution in [1.29, 1.82) is 0 Å². The number of hydrogen-bond donors (Lipinski definition) is 0. The molecule has 33 heavy (non-hydrogen) atoms. The van der Waals surface area contributed by atoms with E-state index in [1.807, 2.05) is 79.7 Å². The van der Waals surface area contributed by atoms with Crippen molar-refractivity contribution in [3.8, 4) is 0 Å². The lowest BCUT2D eigenvalue weighted by Gasteiger charge is -2.37. The van der Waals surface area contributed by atoms with Crippen LogP contribution < -0.4 is 4.90 Å². The number of anilines is 1. The van der Waals surface area contributed by atoms with Crippen molar-refractivity contribution >= 4 is 23.1 Å². The van der Waals surface area contributed by atoms with E-state index < -0.39 is 0 Å². The second-order valence-corrected chi connectivity index (χ2v) is 8.58. The molecule has 1 fully saturated rings. The highest BCUT2D eigenvalue weighted by atomic mass is 16.2. The molecule has 0 spiro atoms. The molecule has 5 rings (SSSR count). The standard InChI is InChI=1S/C28H27N3O2/c1-21-12-14-22(15-13-21)20-31-27(32)25(23-8-4-2-5-9-23)26(28(31)33)30-18-16-29(17-19-30)24-10-6-3-7-11-24/h2-15H,16-20H2,1H3. The molecule has 2 aliphatic heterocycles. The molecule has 3 aromatic carbocycles. The first-order valence-electron chi connectivity index (χ1n) is 11.4. The van der Waals surface area contributed by atoms with Gasteiger partial charge in [0.1, 0.15) is 5.70 Å². The minimum absolute atomic E-state index is 0.201. The normalized spacial score (nSPS) is 16.7. The zero-order valence-electron chi connectivity index (χ0n) is 18.8. The Balaban J connectivity index is 1.43. The van der Waals surface area contributed by atoms with Gasteiger partial charge in [0.25, 0.3) is 11.8 Å². The van der Waals surface area contributed by atoms with Gasteiger partial charge in [0.05, 0.1) is 12.1 Å². The van der Waals surface area contributed by atoms with Crippen molar-refractivity contribution in [3.63, 3.8) is 0 Å². The Morgan fingerprint density at radius 1 is 0.667 bits per heavy atom. The number of carbonyl (C=O) groups is 2. The predicted molar refractivity (Wildman–Crippen MR) is 130 cm³/mol. The zero-order chi connectivity index (χ0) is 22.8. The fourth-order valence-corrected chi connectivity index (χ4v) is 4.57. The van der Waals surface area contributed by atoms with E-state index in [9.17, 15) is 9.59 Å². The number of hydrogen-bond acceptors (Lipinski definition) is 4. The number of imide groups is 1. The van der Waals surface area contributed by atoms with Crippen LogP contribution in [0.15, 0.2) is 90.6 Å². The monoisotopic (exact) mass is 437 g/mol. The van der Waals surface area contributed by atoms with Gasteiger partial charge in [0.2, 0.25) is 0 Å². The Morgan fingerprint density at radius 2 is 1.24 bits per heavy atom. The number of nitrogens with zero attached hydrogens (tertiary/aromatic N) is 3. The molecular weight excluding hydrogens is 410 g/mol. The summed E-state index contributed by atoms with van der Waals surface area (Å²) in [6.07, 6.45) is 0. The highest BCUT2D eigenvalue weighted by Crippen LogP contribution is 2.33. The fraction of sp³-hybridized carbons (Fsp3) is 0.214. The van der Waals surface area contributed by atoms with Gasteiger partial charge in [-0.05, 0) is 30.2 Å². The van der Waals surface area contributed by atoms with Crippen LogP contribution in [0.1, 0.15) is 16.7 Å². The summed E-state index contributed by atoms with van der Waals surface area (Å²) in [5.41, 5.74) is 5.13. The van der Waals surface area contributed by atoms with Crippen LogP contribution in [0.2, 0.25) is 0 Å². The van der Waals surface area contributed by atoms with E-state index >= 15 is 0 Å². The third-order valence-corrected chi connectivity index (χ3v) is 6.38. The molecule has 0 aromatic heterocycles. The maximum Gasteiger partial charge on any atom is 0.278 e. The minimum atomic E-state index is -0.215. The van der Waals surface area contributed by atoms with E-state index in [1.54, 1.807) is 0 Å². The van der Waals surface area contributed by atoms with Gasteiger partial charge in [-0.1, -0.05) is 78.4 Å². The van der Waals surface area contributed by atoms with Crippen LogP contribution in [0.5, 0.6) is 0 Å². The molecule has 0 radical (unpaired) electrons. The first-order chi connectivity index (χ1) is 16.1. The third-order valence-electron chi connectivity index (χ3n) is 6.38. The number of carbonyl (C=O) groups excluding carboxylic acids is 2. The maximum atomic E-state index is 13.6. The van der Waals surface area contributed by atoms with Gasteiger partial charge in [-0.15, -0.1) is 0 Å². The van der Waals surface area contributed by atoms with Crippen molar-refractivity contribution in [2.75, 3.05) is 31.1 Å². The van der Waals surface area contributed by atoms with E-state index in [0.717, 1.165) is 29.8 Å². The average molecular weight is 438 g/mol. The number of rotatable bonds is 5. The summed E-state index contributed by atoms with van der Waals surface area (Å²) in [6, 6.07) is 27.9. The smallest absolute Gasteiger partial charge is 0.278 e. The van der Waals surface area contributed by atoms with Crippen molar-refractivity contribution in [3.05, 3.63) is 107 Å². The molecule has 166 valence electrons. The maximum absolute atomic E-state index is 13.6. The summed E-state index contributed by atoms with van der Waals surface area (Å²) in [4.78, 5) is 33.0. The Kier molecular flexibility index (Phi) is 5.69. The van der Waals surface area contributed by atoms with Gasteiger partial charge >= 0.3 is 0 Å². The fourth-order valence-electron chi connectivity index (χ4n) is 4.57. The first kappa shape index (κ1) is 21.0. The van der Waals surface area contributed by atoms with Crippen molar-refractivity contribution < 1.29 is 9.59 Å². The van der Waals surface area contributed by atoms with Crippen LogP contribution in [0, 0.1) is 6.92 Å². The number of amides is 2. The van der Waals surface area contributed by atoms with Crippen LogP contribution >= 0.6 is 0 Å². The van der Waals surface area contributed by atoms with Crippen molar-refractivity contribution in [2.24, 2.45) is 0 Å². The lowest BCUT2D eigenvalue weighted by Crippen LogP contribution is -2.47. The molecular formula is C28H27N3O2. The topological polar surface area (TPSA) is 43.9 Å². The molecule has 0 saturated carbocycles. The Morgan fingerprint density at radius 3 is 1.88 bits per heavy atom. The van der Waals surface area contributed by atoms with Gasteiger partial charge in [0, 0.05) is 31.9 Å². The molecule has 5 nitrogen and oxygen atoms in total. The van der Waals surface area contributed by atoms with E-state index in [1.165, 1.54) is 10.6 Å². The largest absolute Gasteiger partial charge is 0.368 e. The number of benzene rings is 3. The van der Waals surface area contributed by atoms with Gasteiger partial charge in [-0.3, -0.25) is 14.5 Å². The molecule has 0 bridgehead atoms. The SMILES string of the molecule is Cc1ccc(CN2C(=O)C(c3ccccc3)=C(N3CCN(c4ccccc4)CC3)C2=O)cc1. The summed E-state index contributed by atoms with van der Waals surface area (Å²) >= 11 is 0. The van der Waals surface area contributed by atoms with Crippen LogP contribution in [-0.2, 0) is 16.1 Å². The molecule has 2 amide bonds. The number of piperazine rings is 1. The quantitative estimate of drug-likeness (QED) is 0.564. The highest BCUT2D eigenvalue weighted by molar-refractivity contribution is 6.35. The molecule has 0 N–H and O–H groups in total. The number of para-hydroxylation sites is 1. The van der Waals surface area contributed by atoms with Gasteiger partial charge in [-0.2, -0.15) is 0 Å². The van der Waals surface area contributed by atoms with E-state index in [0.29, 0.717) is 24.4 Å². The van der Waals surface area contributed by atoms with Crippen LogP contribution in [0.3, 0.4) is 0 Å². The first-order valence-corrected chi connectivity index (χ1v) is 11.4. The van der Waals surface area contributed by atoms with Gasteiger partial charge < -0.3 is 9.80 Å².